The molecule has 5 heteroatoms. The summed E-state index contributed by atoms with van der Waals surface area (Å²) >= 11 is 0. The SMILES string of the molecule is COc1cccc(/C=C/c2c(C)ncc(C#N)c2Nc2ccc3[nH]ccc3c2C)c1. The number of nitrogens with one attached hydrogen (secondary N) is 2. The Bertz CT molecular complexity index is 1290. The van der Waals surface area contributed by atoms with Crippen LogP contribution >= 0.6 is 0 Å². The number of nitriles is 1. The van der Waals surface area contributed by atoms with Gasteiger partial charge >= 0.3 is 0 Å². The summed E-state index contributed by atoms with van der Waals surface area (Å²) in [7, 11) is 1.65. The molecule has 0 bridgehead atoms. The topological polar surface area (TPSA) is 73.7 Å². The van der Waals surface area contributed by atoms with Gasteiger partial charge in [-0.15, -0.1) is 0 Å². The zero-order chi connectivity index (χ0) is 21.1. The summed E-state index contributed by atoms with van der Waals surface area (Å²) in [6.45, 7) is 4.02. The monoisotopic (exact) mass is 394 g/mol. The second-order valence-corrected chi connectivity index (χ2v) is 7.07. The summed E-state index contributed by atoms with van der Waals surface area (Å²) in [6.07, 6.45) is 7.54. The van der Waals surface area contributed by atoms with E-state index in [0.29, 0.717) is 5.56 Å². The van der Waals surface area contributed by atoms with E-state index in [2.05, 4.69) is 34.3 Å². The number of ether oxygens (including phenoxy) is 1. The van der Waals surface area contributed by atoms with Crippen LogP contribution in [0.1, 0.15) is 27.9 Å². The summed E-state index contributed by atoms with van der Waals surface area (Å²) < 4.78 is 5.31. The van der Waals surface area contributed by atoms with E-state index in [4.69, 9.17) is 4.74 Å². The number of fused-ring (bicyclic) bond motifs is 1. The van der Waals surface area contributed by atoms with E-state index in [1.165, 1.54) is 0 Å². The van der Waals surface area contributed by atoms with Crippen LogP contribution in [-0.2, 0) is 0 Å². The average Bonchev–Trinajstić information content (AvgIpc) is 3.25. The van der Waals surface area contributed by atoms with Crippen LogP contribution in [0.5, 0.6) is 5.75 Å². The lowest BCUT2D eigenvalue weighted by Crippen LogP contribution is -2.02. The third-order valence-electron chi connectivity index (χ3n) is 5.24. The quantitative estimate of drug-likeness (QED) is 0.437. The lowest BCUT2D eigenvalue weighted by Gasteiger charge is -2.16. The molecule has 0 amide bonds. The number of benzene rings is 2. The highest BCUT2D eigenvalue weighted by molar-refractivity contribution is 5.90. The van der Waals surface area contributed by atoms with Crippen molar-refractivity contribution in [1.29, 1.82) is 5.26 Å². The van der Waals surface area contributed by atoms with E-state index in [0.717, 1.165) is 50.4 Å². The molecule has 0 spiro atoms. The first-order valence-corrected chi connectivity index (χ1v) is 9.66. The number of pyridine rings is 1. The van der Waals surface area contributed by atoms with Crippen LogP contribution in [0.25, 0.3) is 23.1 Å². The molecule has 2 heterocycles. The molecule has 0 saturated heterocycles. The van der Waals surface area contributed by atoms with Crippen molar-refractivity contribution < 1.29 is 4.74 Å². The molecular formula is C25H22N4O. The van der Waals surface area contributed by atoms with Crippen molar-refractivity contribution in [2.24, 2.45) is 0 Å². The normalized spacial score (nSPS) is 11.0. The minimum Gasteiger partial charge on any atom is -0.497 e. The van der Waals surface area contributed by atoms with Crippen LogP contribution < -0.4 is 10.1 Å². The number of H-pyrrole nitrogens is 1. The smallest absolute Gasteiger partial charge is 0.119 e. The lowest BCUT2D eigenvalue weighted by molar-refractivity contribution is 0.414. The van der Waals surface area contributed by atoms with Crippen LogP contribution in [0.3, 0.4) is 0 Å². The van der Waals surface area contributed by atoms with Crippen LogP contribution in [0.4, 0.5) is 11.4 Å². The van der Waals surface area contributed by atoms with E-state index in [9.17, 15) is 5.26 Å². The summed E-state index contributed by atoms with van der Waals surface area (Å²) in [5, 5.41) is 14.3. The van der Waals surface area contributed by atoms with E-state index < -0.39 is 0 Å². The van der Waals surface area contributed by atoms with Gasteiger partial charge in [0.05, 0.1) is 18.4 Å². The zero-order valence-corrected chi connectivity index (χ0v) is 17.2. The fourth-order valence-electron chi connectivity index (χ4n) is 3.52. The number of aryl methyl sites for hydroxylation is 2. The molecule has 0 aliphatic rings. The van der Waals surface area contributed by atoms with Crippen molar-refractivity contribution in [3.63, 3.8) is 0 Å². The van der Waals surface area contributed by atoms with Crippen molar-refractivity contribution in [3.8, 4) is 11.8 Å². The molecule has 5 nitrogen and oxygen atoms in total. The van der Waals surface area contributed by atoms with E-state index in [1.807, 2.05) is 61.7 Å². The third kappa shape index (κ3) is 3.63. The Morgan fingerprint density at radius 1 is 1.13 bits per heavy atom. The Labute approximate surface area is 175 Å². The standard InChI is InChI=1S/C25H22N4O/c1-16-21-11-12-27-24(21)10-9-23(16)29-25-19(14-26)15-28-17(2)22(25)8-7-18-5-4-6-20(13-18)30-3/h4-13,15,27H,1-3H3,(H,28,29)/b8-7+. The van der Waals surface area contributed by atoms with Crippen molar-refractivity contribution in [2.45, 2.75) is 13.8 Å². The number of hydrogen-bond acceptors (Lipinski definition) is 4. The second kappa shape index (κ2) is 8.14. The Balaban J connectivity index is 1.78. The molecule has 2 aromatic heterocycles. The number of methoxy groups -OCH3 is 1. The number of aromatic amines is 1. The molecule has 0 aliphatic carbocycles. The van der Waals surface area contributed by atoms with Gasteiger partial charge < -0.3 is 15.0 Å². The average molecular weight is 394 g/mol. The van der Waals surface area contributed by atoms with Crippen LogP contribution in [0.2, 0.25) is 0 Å². The fraction of sp³-hybridized carbons (Fsp3) is 0.120. The highest BCUT2D eigenvalue weighted by atomic mass is 16.5. The highest BCUT2D eigenvalue weighted by Crippen LogP contribution is 2.32. The lowest BCUT2D eigenvalue weighted by atomic mass is 10.0. The zero-order valence-electron chi connectivity index (χ0n) is 17.2. The number of aromatic nitrogens is 2. The Hall–Kier alpha value is -4.04. The predicted octanol–water partition coefficient (Wildman–Crippen LogP) is 5.97. The number of rotatable bonds is 5. The van der Waals surface area contributed by atoms with Gasteiger partial charge in [-0.05, 0) is 55.3 Å². The van der Waals surface area contributed by atoms with Gasteiger partial charge in [0.15, 0.2) is 0 Å². The summed E-state index contributed by atoms with van der Waals surface area (Å²) in [4.78, 5) is 7.65. The van der Waals surface area contributed by atoms with Crippen LogP contribution in [-0.4, -0.2) is 17.1 Å². The molecule has 148 valence electrons. The van der Waals surface area contributed by atoms with Gasteiger partial charge in [-0.3, -0.25) is 4.98 Å². The molecule has 0 unspecified atom stereocenters. The largest absolute Gasteiger partial charge is 0.497 e. The Morgan fingerprint density at radius 3 is 2.80 bits per heavy atom. The second-order valence-electron chi connectivity index (χ2n) is 7.07. The first-order valence-electron chi connectivity index (χ1n) is 9.66. The number of nitrogens with zero attached hydrogens (tertiary/aromatic N) is 2. The Morgan fingerprint density at radius 2 is 2.00 bits per heavy atom. The van der Waals surface area contributed by atoms with Crippen molar-refractivity contribution in [1.82, 2.24) is 9.97 Å². The van der Waals surface area contributed by atoms with E-state index in [1.54, 1.807) is 13.3 Å². The van der Waals surface area contributed by atoms with Gasteiger partial charge in [0, 0.05) is 40.2 Å². The van der Waals surface area contributed by atoms with Gasteiger partial charge in [0.1, 0.15) is 11.8 Å². The summed E-state index contributed by atoms with van der Waals surface area (Å²) in [5.74, 6) is 0.798. The van der Waals surface area contributed by atoms with Crippen molar-refractivity contribution >= 4 is 34.4 Å². The van der Waals surface area contributed by atoms with Crippen molar-refractivity contribution in [3.05, 3.63) is 82.8 Å². The first kappa shape index (κ1) is 19.3. The molecule has 0 fully saturated rings. The van der Waals surface area contributed by atoms with Gasteiger partial charge in [0.2, 0.25) is 0 Å². The molecule has 4 rings (SSSR count). The fourth-order valence-corrected chi connectivity index (χ4v) is 3.52. The maximum atomic E-state index is 9.70. The molecule has 0 aliphatic heterocycles. The van der Waals surface area contributed by atoms with Gasteiger partial charge in [0.25, 0.3) is 0 Å². The summed E-state index contributed by atoms with van der Waals surface area (Å²) in [5.41, 5.74) is 7.15. The first-order chi connectivity index (χ1) is 14.6. The molecule has 0 atom stereocenters. The number of hydrogen-bond donors (Lipinski definition) is 2. The van der Waals surface area contributed by atoms with E-state index in [-0.39, 0.29) is 0 Å². The predicted molar refractivity (Wildman–Crippen MR) is 122 cm³/mol. The number of anilines is 2. The molecule has 2 N–H and O–H groups in total. The van der Waals surface area contributed by atoms with Crippen LogP contribution in [0, 0.1) is 25.2 Å². The van der Waals surface area contributed by atoms with Crippen LogP contribution in [0.15, 0.2) is 54.9 Å². The Kier molecular flexibility index (Phi) is 5.23. The third-order valence-corrected chi connectivity index (χ3v) is 5.24. The molecule has 4 aromatic rings. The molecule has 0 radical (unpaired) electrons. The van der Waals surface area contributed by atoms with Gasteiger partial charge in [-0.25, -0.2) is 0 Å². The van der Waals surface area contributed by atoms with Gasteiger partial charge in [-0.2, -0.15) is 5.26 Å². The molecule has 2 aromatic carbocycles. The summed E-state index contributed by atoms with van der Waals surface area (Å²) in [6, 6.07) is 16.2. The molecular weight excluding hydrogens is 372 g/mol. The minimum atomic E-state index is 0.499. The minimum absolute atomic E-state index is 0.499. The molecule has 30 heavy (non-hydrogen) atoms. The van der Waals surface area contributed by atoms with E-state index >= 15 is 0 Å². The highest BCUT2D eigenvalue weighted by Gasteiger charge is 2.13. The molecule has 0 saturated carbocycles. The van der Waals surface area contributed by atoms with Crippen molar-refractivity contribution in [2.75, 3.05) is 12.4 Å². The maximum Gasteiger partial charge on any atom is 0.119 e. The van der Waals surface area contributed by atoms with Gasteiger partial charge in [-0.1, -0.05) is 24.3 Å². The maximum absolute atomic E-state index is 9.70.